The maximum absolute atomic E-state index is 13.4. The van der Waals surface area contributed by atoms with Crippen LogP contribution in [0.4, 0.5) is 0 Å². The van der Waals surface area contributed by atoms with E-state index in [0.717, 1.165) is 41.3 Å². The largest absolute Gasteiger partial charge is 0.351 e. The van der Waals surface area contributed by atoms with Crippen LogP contribution in [-0.4, -0.2) is 35.2 Å². The van der Waals surface area contributed by atoms with E-state index >= 15 is 0 Å². The minimum absolute atomic E-state index is 0.133. The monoisotopic (exact) mass is 490 g/mol. The molecule has 2 aromatic rings. The lowest BCUT2D eigenvalue weighted by atomic mass is 9.94. The predicted octanol–water partition coefficient (Wildman–Crippen LogP) is 5.25. The molecule has 0 bridgehead atoms. The Bertz CT molecular complexity index is 840. The van der Waals surface area contributed by atoms with Gasteiger partial charge in [-0.3, -0.25) is 9.59 Å². The number of hydrogen-bond donors (Lipinski definition) is 1. The zero-order chi connectivity index (χ0) is 21.3. The standard InChI is InChI=1S/C24H28BrClN2O2/c25-20-11-7-10-19(16-20)23(24(30)27-21-12-5-2-6-13-21)28(22(29)17-26)15-14-18-8-3-1-4-9-18/h1,3-4,7-11,16,21,23H,2,5-6,12-15,17H2,(H,27,30)/t23-/m1/s1. The fourth-order valence-corrected chi connectivity index (χ4v) is 4.62. The van der Waals surface area contributed by atoms with Gasteiger partial charge in [-0.05, 0) is 42.5 Å². The van der Waals surface area contributed by atoms with Gasteiger partial charge in [-0.2, -0.15) is 0 Å². The fraction of sp³-hybridized carbons (Fsp3) is 0.417. The van der Waals surface area contributed by atoms with Gasteiger partial charge in [-0.1, -0.05) is 77.7 Å². The van der Waals surface area contributed by atoms with Gasteiger partial charge in [0.1, 0.15) is 11.9 Å². The Hall–Kier alpha value is -1.85. The average Bonchev–Trinajstić information content (AvgIpc) is 2.77. The molecule has 160 valence electrons. The first-order valence-corrected chi connectivity index (χ1v) is 11.9. The summed E-state index contributed by atoms with van der Waals surface area (Å²) < 4.78 is 0.872. The van der Waals surface area contributed by atoms with Gasteiger partial charge in [0.25, 0.3) is 0 Å². The van der Waals surface area contributed by atoms with Gasteiger partial charge in [0.2, 0.25) is 11.8 Å². The molecule has 4 nitrogen and oxygen atoms in total. The normalized spacial score (nSPS) is 15.4. The summed E-state index contributed by atoms with van der Waals surface area (Å²) in [7, 11) is 0. The predicted molar refractivity (Wildman–Crippen MR) is 124 cm³/mol. The molecule has 0 aliphatic heterocycles. The van der Waals surface area contributed by atoms with Gasteiger partial charge in [0, 0.05) is 17.1 Å². The summed E-state index contributed by atoms with van der Waals surface area (Å²) in [6.07, 6.45) is 6.12. The molecule has 6 heteroatoms. The fourth-order valence-electron chi connectivity index (χ4n) is 4.05. The minimum atomic E-state index is -0.709. The van der Waals surface area contributed by atoms with Crippen molar-refractivity contribution in [1.29, 1.82) is 0 Å². The van der Waals surface area contributed by atoms with Crippen LogP contribution in [0.5, 0.6) is 0 Å². The molecule has 2 amide bonds. The highest BCUT2D eigenvalue weighted by molar-refractivity contribution is 9.10. The number of amides is 2. The second kappa shape index (κ2) is 11.5. The number of rotatable bonds is 8. The Labute approximate surface area is 192 Å². The number of nitrogens with zero attached hydrogens (tertiary/aromatic N) is 1. The van der Waals surface area contributed by atoms with Crippen LogP contribution in [0.2, 0.25) is 0 Å². The molecule has 0 radical (unpaired) electrons. The Morgan fingerprint density at radius 1 is 1.07 bits per heavy atom. The number of hydrogen-bond acceptors (Lipinski definition) is 2. The van der Waals surface area contributed by atoms with Gasteiger partial charge in [-0.25, -0.2) is 0 Å². The van der Waals surface area contributed by atoms with Crippen LogP contribution in [0.25, 0.3) is 0 Å². The third kappa shape index (κ3) is 6.32. The zero-order valence-electron chi connectivity index (χ0n) is 17.0. The first kappa shape index (κ1) is 22.8. The van der Waals surface area contributed by atoms with Crippen LogP contribution in [0.1, 0.15) is 49.3 Å². The van der Waals surface area contributed by atoms with E-state index in [2.05, 4.69) is 21.2 Å². The van der Waals surface area contributed by atoms with Crippen LogP contribution < -0.4 is 5.32 Å². The lowest BCUT2D eigenvalue weighted by Gasteiger charge is -2.33. The second-order valence-electron chi connectivity index (χ2n) is 7.76. The number of alkyl halides is 1. The molecule has 3 rings (SSSR count). The van der Waals surface area contributed by atoms with Gasteiger partial charge in [-0.15, -0.1) is 11.6 Å². The molecule has 0 saturated heterocycles. The van der Waals surface area contributed by atoms with E-state index in [0.29, 0.717) is 13.0 Å². The van der Waals surface area contributed by atoms with Crippen molar-refractivity contribution in [2.24, 2.45) is 0 Å². The van der Waals surface area contributed by atoms with E-state index in [1.807, 2.05) is 54.6 Å². The van der Waals surface area contributed by atoms with Crippen LogP contribution >= 0.6 is 27.5 Å². The van der Waals surface area contributed by atoms with Crippen molar-refractivity contribution in [2.45, 2.75) is 50.6 Å². The van der Waals surface area contributed by atoms with Crippen molar-refractivity contribution in [3.05, 3.63) is 70.2 Å². The van der Waals surface area contributed by atoms with E-state index in [1.54, 1.807) is 4.90 Å². The van der Waals surface area contributed by atoms with E-state index in [4.69, 9.17) is 11.6 Å². The van der Waals surface area contributed by atoms with Crippen LogP contribution in [0.15, 0.2) is 59.1 Å². The highest BCUT2D eigenvalue weighted by atomic mass is 79.9. The number of benzene rings is 2. The molecule has 0 aromatic heterocycles. The average molecular weight is 492 g/mol. The smallest absolute Gasteiger partial charge is 0.247 e. The third-order valence-electron chi connectivity index (χ3n) is 5.59. The molecule has 30 heavy (non-hydrogen) atoms. The Kier molecular flexibility index (Phi) is 8.76. The van der Waals surface area contributed by atoms with Gasteiger partial charge in [0.05, 0.1) is 0 Å². The van der Waals surface area contributed by atoms with Crippen molar-refractivity contribution >= 4 is 39.3 Å². The lowest BCUT2D eigenvalue weighted by molar-refractivity contribution is -0.139. The summed E-state index contributed by atoms with van der Waals surface area (Å²) in [5.74, 6) is -0.529. The number of halogens is 2. The molecule has 1 N–H and O–H groups in total. The Morgan fingerprint density at radius 2 is 1.80 bits per heavy atom. The SMILES string of the molecule is O=C(NC1CCCCC1)[C@@H](c1cccc(Br)c1)N(CCc1ccccc1)C(=O)CCl. The highest BCUT2D eigenvalue weighted by Crippen LogP contribution is 2.26. The quantitative estimate of drug-likeness (QED) is 0.513. The van der Waals surface area contributed by atoms with Crippen LogP contribution in [0, 0.1) is 0 Å². The van der Waals surface area contributed by atoms with E-state index in [9.17, 15) is 9.59 Å². The van der Waals surface area contributed by atoms with E-state index < -0.39 is 6.04 Å². The van der Waals surface area contributed by atoms with Gasteiger partial charge in [0.15, 0.2) is 0 Å². The van der Waals surface area contributed by atoms with Crippen molar-refractivity contribution < 1.29 is 9.59 Å². The molecule has 1 saturated carbocycles. The highest BCUT2D eigenvalue weighted by Gasteiger charge is 2.32. The first-order valence-electron chi connectivity index (χ1n) is 10.5. The van der Waals surface area contributed by atoms with E-state index in [-0.39, 0.29) is 23.7 Å². The Morgan fingerprint density at radius 3 is 2.47 bits per heavy atom. The first-order chi connectivity index (χ1) is 14.6. The molecule has 2 aromatic carbocycles. The summed E-state index contributed by atoms with van der Waals surface area (Å²) in [5.41, 5.74) is 1.90. The number of carbonyl (C=O) groups excluding carboxylic acids is 2. The maximum Gasteiger partial charge on any atom is 0.247 e. The second-order valence-corrected chi connectivity index (χ2v) is 8.94. The molecule has 1 aliphatic carbocycles. The van der Waals surface area contributed by atoms with Crippen molar-refractivity contribution in [2.75, 3.05) is 12.4 Å². The van der Waals surface area contributed by atoms with Crippen LogP contribution in [0.3, 0.4) is 0 Å². The zero-order valence-corrected chi connectivity index (χ0v) is 19.4. The molecule has 0 unspecified atom stereocenters. The van der Waals surface area contributed by atoms with Crippen LogP contribution in [-0.2, 0) is 16.0 Å². The summed E-state index contributed by atoms with van der Waals surface area (Å²) in [4.78, 5) is 27.9. The number of carbonyl (C=O) groups is 2. The van der Waals surface area contributed by atoms with Crippen molar-refractivity contribution in [3.8, 4) is 0 Å². The third-order valence-corrected chi connectivity index (χ3v) is 6.32. The lowest BCUT2D eigenvalue weighted by Crippen LogP contribution is -2.48. The molecule has 0 heterocycles. The molecule has 0 spiro atoms. The number of nitrogens with one attached hydrogen (secondary N) is 1. The Balaban J connectivity index is 1.87. The minimum Gasteiger partial charge on any atom is -0.351 e. The summed E-state index contributed by atoms with van der Waals surface area (Å²) >= 11 is 9.45. The maximum atomic E-state index is 13.4. The topological polar surface area (TPSA) is 49.4 Å². The van der Waals surface area contributed by atoms with Gasteiger partial charge < -0.3 is 10.2 Å². The molecule has 1 atom stereocenters. The van der Waals surface area contributed by atoms with E-state index in [1.165, 1.54) is 6.42 Å². The molecule has 1 aliphatic rings. The summed E-state index contributed by atoms with van der Waals surface area (Å²) in [5, 5.41) is 3.20. The summed E-state index contributed by atoms with van der Waals surface area (Å²) in [6, 6.07) is 17.0. The van der Waals surface area contributed by atoms with Crippen molar-refractivity contribution in [1.82, 2.24) is 10.2 Å². The summed E-state index contributed by atoms with van der Waals surface area (Å²) in [6.45, 7) is 0.421. The molecular formula is C24H28BrClN2O2. The molecule has 1 fully saturated rings. The van der Waals surface area contributed by atoms with Crippen molar-refractivity contribution in [3.63, 3.8) is 0 Å². The molecular weight excluding hydrogens is 464 g/mol. The van der Waals surface area contributed by atoms with Gasteiger partial charge >= 0.3 is 0 Å².